The summed E-state index contributed by atoms with van der Waals surface area (Å²) in [5, 5.41) is 5.85. The second kappa shape index (κ2) is 9.53. The van der Waals surface area contributed by atoms with Crippen LogP contribution in [0.5, 0.6) is 17.2 Å². The summed E-state index contributed by atoms with van der Waals surface area (Å²) in [6, 6.07) is 15.3. The van der Waals surface area contributed by atoms with Crippen LogP contribution in [0.15, 0.2) is 65.1 Å². The molecule has 1 aromatic heterocycles. The van der Waals surface area contributed by atoms with Gasteiger partial charge in [0.15, 0.2) is 11.5 Å². The van der Waals surface area contributed by atoms with Gasteiger partial charge in [-0.1, -0.05) is 18.2 Å². The second-order valence-electron chi connectivity index (χ2n) is 7.13. The molecule has 0 atom stereocenters. The summed E-state index contributed by atoms with van der Waals surface area (Å²) in [6.45, 7) is 0. The molecule has 4 aromatic rings. The van der Waals surface area contributed by atoms with E-state index in [1.165, 1.54) is 57.7 Å². The van der Waals surface area contributed by atoms with Gasteiger partial charge in [0.05, 0.1) is 21.3 Å². The van der Waals surface area contributed by atoms with Crippen LogP contribution in [0.2, 0.25) is 0 Å². The molecule has 0 radical (unpaired) electrons. The molecule has 8 nitrogen and oxygen atoms in total. The fourth-order valence-electron chi connectivity index (χ4n) is 3.48. The molecular weight excluding hydrogens is 443 g/mol. The number of benzene rings is 3. The number of hydrogen-bond acceptors (Lipinski definition) is 6. The van der Waals surface area contributed by atoms with E-state index in [1.807, 2.05) is 0 Å². The van der Waals surface area contributed by atoms with Crippen LogP contribution in [0.1, 0.15) is 20.9 Å². The molecule has 2 N–H and O–H groups in total. The first-order valence-electron chi connectivity index (χ1n) is 10.1. The first-order chi connectivity index (χ1) is 16.4. The zero-order chi connectivity index (χ0) is 24.2. The Labute approximate surface area is 194 Å². The highest BCUT2D eigenvalue weighted by Crippen LogP contribution is 2.39. The van der Waals surface area contributed by atoms with Crippen LogP contribution >= 0.6 is 0 Å². The maximum absolute atomic E-state index is 13.5. The SMILES string of the molecule is COc1cc(C(=O)Nc2c(C(=O)Nc3cccc(F)c3)oc3ccccc23)cc(OC)c1OC. The van der Waals surface area contributed by atoms with Crippen molar-refractivity contribution in [3.05, 3.63) is 77.8 Å². The van der Waals surface area contributed by atoms with Crippen LogP contribution in [-0.2, 0) is 0 Å². The van der Waals surface area contributed by atoms with Gasteiger partial charge in [-0.25, -0.2) is 4.39 Å². The van der Waals surface area contributed by atoms with Crippen molar-refractivity contribution in [1.29, 1.82) is 0 Å². The lowest BCUT2D eigenvalue weighted by atomic mass is 10.1. The molecule has 1 heterocycles. The molecule has 0 saturated heterocycles. The second-order valence-corrected chi connectivity index (χ2v) is 7.13. The Morgan fingerprint density at radius 2 is 1.53 bits per heavy atom. The van der Waals surface area contributed by atoms with E-state index in [9.17, 15) is 14.0 Å². The van der Waals surface area contributed by atoms with E-state index < -0.39 is 17.6 Å². The third kappa shape index (κ3) is 4.36. The minimum Gasteiger partial charge on any atom is -0.493 e. The van der Waals surface area contributed by atoms with Crippen molar-refractivity contribution in [1.82, 2.24) is 0 Å². The number of rotatable bonds is 7. The van der Waals surface area contributed by atoms with Crippen molar-refractivity contribution in [3.8, 4) is 17.2 Å². The minimum atomic E-state index is -0.651. The first-order valence-corrected chi connectivity index (χ1v) is 10.1. The molecule has 0 bridgehead atoms. The van der Waals surface area contributed by atoms with E-state index >= 15 is 0 Å². The van der Waals surface area contributed by atoms with Crippen LogP contribution in [0.25, 0.3) is 11.0 Å². The van der Waals surface area contributed by atoms with E-state index in [2.05, 4.69) is 10.6 Å². The Hall–Kier alpha value is -4.53. The van der Waals surface area contributed by atoms with Crippen molar-refractivity contribution >= 4 is 34.2 Å². The van der Waals surface area contributed by atoms with E-state index in [0.29, 0.717) is 28.2 Å². The van der Waals surface area contributed by atoms with Gasteiger partial charge in [-0.05, 0) is 42.5 Å². The topological polar surface area (TPSA) is 99.0 Å². The number of nitrogens with one attached hydrogen (secondary N) is 2. The van der Waals surface area contributed by atoms with Crippen molar-refractivity contribution in [2.24, 2.45) is 0 Å². The number of amides is 2. The van der Waals surface area contributed by atoms with Gasteiger partial charge in [-0.15, -0.1) is 0 Å². The fraction of sp³-hybridized carbons (Fsp3) is 0.120. The summed E-state index contributed by atoms with van der Waals surface area (Å²) < 4.78 is 35.2. The van der Waals surface area contributed by atoms with Crippen LogP contribution < -0.4 is 24.8 Å². The van der Waals surface area contributed by atoms with Crippen molar-refractivity contribution < 1.29 is 32.6 Å². The highest BCUT2D eigenvalue weighted by Gasteiger charge is 2.24. The third-order valence-electron chi connectivity index (χ3n) is 5.05. The van der Waals surface area contributed by atoms with Gasteiger partial charge in [0.2, 0.25) is 11.5 Å². The van der Waals surface area contributed by atoms with Crippen molar-refractivity contribution in [2.75, 3.05) is 32.0 Å². The number of fused-ring (bicyclic) bond motifs is 1. The standard InChI is InChI=1S/C25H21FN2O6/c1-31-19-11-14(12-20(32-2)22(19)33-3)24(29)28-21-17-9-4-5-10-18(17)34-23(21)25(30)27-16-8-6-7-15(26)13-16/h4-13H,1-3H3,(H,27,30)(H,28,29). The largest absolute Gasteiger partial charge is 0.493 e. The highest BCUT2D eigenvalue weighted by atomic mass is 19.1. The molecule has 0 aliphatic rings. The molecule has 0 spiro atoms. The van der Waals surface area contributed by atoms with Gasteiger partial charge in [-0.2, -0.15) is 0 Å². The molecule has 2 amide bonds. The smallest absolute Gasteiger partial charge is 0.293 e. The number of methoxy groups -OCH3 is 3. The molecule has 9 heteroatoms. The Bertz CT molecular complexity index is 1360. The third-order valence-corrected chi connectivity index (χ3v) is 5.05. The molecule has 3 aromatic carbocycles. The molecule has 4 rings (SSSR count). The molecular formula is C25H21FN2O6. The van der Waals surface area contributed by atoms with Gasteiger partial charge in [0.25, 0.3) is 11.8 Å². The number of ether oxygens (including phenoxy) is 3. The maximum atomic E-state index is 13.5. The number of carbonyl (C=O) groups excluding carboxylic acids is 2. The van der Waals surface area contributed by atoms with Gasteiger partial charge in [-0.3, -0.25) is 9.59 Å². The molecule has 0 aliphatic heterocycles. The summed E-state index contributed by atoms with van der Waals surface area (Å²) in [4.78, 5) is 26.2. The lowest BCUT2D eigenvalue weighted by Crippen LogP contribution is -2.17. The number of hydrogen-bond donors (Lipinski definition) is 2. The fourth-order valence-corrected chi connectivity index (χ4v) is 3.48. The first kappa shape index (κ1) is 22.7. The summed E-state index contributed by atoms with van der Waals surface area (Å²) >= 11 is 0. The van der Waals surface area contributed by atoms with Gasteiger partial charge in [0.1, 0.15) is 17.1 Å². The predicted octanol–water partition coefficient (Wildman–Crippen LogP) is 5.10. The summed E-state index contributed by atoms with van der Waals surface area (Å²) in [5.74, 6) is -0.885. The average Bonchev–Trinajstić information content (AvgIpc) is 3.21. The summed E-state index contributed by atoms with van der Waals surface area (Å²) in [5.41, 5.74) is 1.01. The number of carbonyl (C=O) groups is 2. The van der Waals surface area contributed by atoms with E-state index in [4.69, 9.17) is 18.6 Å². The minimum absolute atomic E-state index is 0.133. The lowest BCUT2D eigenvalue weighted by Gasteiger charge is -2.14. The summed E-state index contributed by atoms with van der Waals surface area (Å²) in [6.07, 6.45) is 0. The van der Waals surface area contributed by atoms with E-state index in [1.54, 1.807) is 24.3 Å². The summed E-state index contributed by atoms with van der Waals surface area (Å²) in [7, 11) is 4.34. The van der Waals surface area contributed by atoms with Crippen molar-refractivity contribution in [2.45, 2.75) is 0 Å². The zero-order valence-electron chi connectivity index (χ0n) is 18.6. The number of para-hydroxylation sites is 1. The number of furan rings is 1. The Morgan fingerprint density at radius 1 is 0.824 bits per heavy atom. The monoisotopic (exact) mass is 464 g/mol. The van der Waals surface area contributed by atoms with Gasteiger partial charge >= 0.3 is 0 Å². The normalized spacial score (nSPS) is 10.6. The van der Waals surface area contributed by atoms with Crippen molar-refractivity contribution in [3.63, 3.8) is 0 Å². The van der Waals surface area contributed by atoms with Gasteiger partial charge in [0, 0.05) is 16.6 Å². The Kier molecular flexibility index (Phi) is 6.35. The Morgan fingerprint density at radius 3 is 2.18 bits per heavy atom. The molecule has 0 fully saturated rings. The molecule has 34 heavy (non-hydrogen) atoms. The maximum Gasteiger partial charge on any atom is 0.293 e. The quantitative estimate of drug-likeness (QED) is 0.395. The highest BCUT2D eigenvalue weighted by molar-refractivity contribution is 6.17. The van der Waals surface area contributed by atoms with Crippen LogP contribution in [0, 0.1) is 5.82 Å². The molecule has 174 valence electrons. The molecule has 0 unspecified atom stereocenters. The van der Waals surface area contributed by atoms with E-state index in [-0.39, 0.29) is 22.7 Å². The van der Waals surface area contributed by atoms with E-state index in [0.717, 1.165) is 0 Å². The molecule has 0 saturated carbocycles. The Balaban J connectivity index is 1.72. The zero-order valence-corrected chi connectivity index (χ0v) is 18.6. The van der Waals surface area contributed by atoms with Crippen LogP contribution in [0.3, 0.4) is 0 Å². The number of anilines is 2. The van der Waals surface area contributed by atoms with Gasteiger partial charge < -0.3 is 29.3 Å². The molecule has 0 aliphatic carbocycles. The van der Waals surface area contributed by atoms with Crippen LogP contribution in [0.4, 0.5) is 15.8 Å². The average molecular weight is 464 g/mol. The van der Waals surface area contributed by atoms with Crippen LogP contribution in [-0.4, -0.2) is 33.1 Å². The predicted molar refractivity (Wildman–Crippen MR) is 125 cm³/mol. The lowest BCUT2D eigenvalue weighted by molar-refractivity contribution is 0.0999. The number of halogens is 1.